The minimum absolute atomic E-state index is 0.0517. The van der Waals surface area contributed by atoms with Crippen LogP contribution in [0.15, 0.2) is 11.3 Å². The van der Waals surface area contributed by atoms with Crippen molar-refractivity contribution in [1.29, 1.82) is 0 Å². The molecule has 19 heavy (non-hydrogen) atoms. The first kappa shape index (κ1) is 15.2. The van der Waals surface area contributed by atoms with Gasteiger partial charge in [0.05, 0.1) is 19.8 Å². The average Bonchev–Trinajstić information content (AvgIpc) is 2.78. The number of nitrogens with zero attached hydrogens (tertiary/aromatic N) is 1. The molecule has 6 nitrogen and oxygen atoms in total. The number of amides is 1. The van der Waals surface area contributed by atoms with E-state index in [0.717, 1.165) is 6.42 Å². The fourth-order valence-electron chi connectivity index (χ4n) is 2.16. The fraction of sp³-hybridized carbons (Fsp3) is 0.615. The van der Waals surface area contributed by atoms with Crippen LogP contribution in [0.2, 0.25) is 0 Å². The zero-order valence-corrected chi connectivity index (χ0v) is 11.7. The molecule has 6 heteroatoms. The predicted molar refractivity (Wildman–Crippen MR) is 66.8 cm³/mol. The third-order valence-electron chi connectivity index (χ3n) is 3.33. The maximum atomic E-state index is 11.9. The molecule has 0 fully saturated rings. The minimum atomic E-state index is -0.594. The molecule has 0 spiro atoms. The van der Waals surface area contributed by atoms with E-state index in [1.807, 2.05) is 6.92 Å². The molecule has 1 aliphatic carbocycles. The van der Waals surface area contributed by atoms with E-state index in [-0.39, 0.29) is 12.3 Å². The summed E-state index contributed by atoms with van der Waals surface area (Å²) in [7, 11) is 4.10. The lowest BCUT2D eigenvalue weighted by atomic mass is 10.0. The number of rotatable bonds is 4. The molecule has 0 bridgehead atoms. The average molecular weight is 269 g/mol. The minimum Gasteiger partial charge on any atom is -0.469 e. The van der Waals surface area contributed by atoms with Crippen molar-refractivity contribution in [2.24, 2.45) is 5.92 Å². The van der Waals surface area contributed by atoms with E-state index in [4.69, 9.17) is 4.74 Å². The van der Waals surface area contributed by atoms with Crippen LogP contribution in [0.1, 0.15) is 26.2 Å². The van der Waals surface area contributed by atoms with Crippen LogP contribution < -0.4 is 0 Å². The summed E-state index contributed by atoms with van der Waals surface area (Å²) in [6, 6.07) is 0. The molecule has 0 heterocycles. The Morgan fingerprint density at radius 3 is 2.42 bits per heavy atom. The molecule has 0 saturated carbocycles. The van der Waals surface area contributed by atoms with Gasteiger partial charge in [0.15, 0.2) is 0 Å². The van der Waals surface area contributed by atoms with Crippen molar-refractivity contribution in [3.63, 3.8) is 0 Å². The lowest BCUT2D eigenvalue weighted by Crippen LogP contribution is -2.29. The van der Waals surface area contributed by atoms with Crippen LogP contribution in [0.3, 0.4) is 0 Å². The summed E-state index contributed by atoms with van der Waals surface area (Å²) < 4.78 is 9.20. The second-order valence-corrected chi connectivity index (χ2v) is 4.50. The van der Waals surface area contributed by atoms with Gasteiger partial charge in [0.1, 0.15) is 6.42 Å². The zero-order chi connectivity index (χ0) is 14.6. The van der Waals surface area contributed by atoms with Gasteiger partial charge >= 0.3 is 11.9 Å². The molecule has 0 aliphatic heterocycles. The van der Waals surface area contributed by atoms with Crippen molar-refractivity contribution in [1.82, 2.24) is 4.90 Å². The van der Waals surface area contributed by atoms with Crippen LogP contribution in [0, 0.1) is 5.92 Å². The second kappa shape index (κ2) is 6.36. The molecule has 1 aliphatic rings. The summed E-state index contributed by atoms with van der Waals surface area (Å²) >= 11 is 0. The number of methoxy groups -OCH3 is 2. The Morgan fingerprint density at radius 1 is 1.26 bits per heavy atom. The molecular weight excluding hydrogens is 250 g/mol. The van der Waals surface area contributed by atoms with Crippen molar-refractivity contribution >= 4 is 17.8 Å². The standard InChI is InChI=1S/C13H19NO5/c1-8-5-6-9(12(8)13(17)19-4)14(2)10(15)7-11(16)18-3/h8H,5-7H2,1-4H3. The Kier molecular flexibility index (Phi) is 5.09. The van der Waals surface area contributed by atoms with Gasteiger partial charge < -0.3 is 14.4 Å². The number of ether oxygens (including phenoxy) is 2. The molecule has 0 saturated heterocycles. The number of carbonyl (C=O) groups excluding carboxylic acids is 3. The summed E-state index contributed by atoms with van der Waals surface area (Å²) in [6.07, 6.45) is 1.07. The van der Waals surface area contributed by atoms with Crippen LogP contribution in [0.5, 0.6) is 0 Å². The molecule has 0 N–H and O–H groups in total. The Morgan fingerprint density at radius 2 is 1.89 bits per heavy atom. The van der Waals surface area contributed by atoms with Gasteiger partial charge in [-0.25, -0.2) is 4.79 Å². The normalized spacial score (nSPS) is 18.2. The van der Waals surface area contributed by atoms with Gasteiger partial charge in [0.2, 0.25) is 5.91 Å². The number of hydrogen-bond acceptors (Lipinski definition) is 5. The smallest absolute Gasteiger partial charge is 0.335 e. The maximum absolute atomic E-state index is 11.9. The van der Waals surface area contributed by atoms with E-state index in [1.54, 1.807) is 7.05 Å². The first-order valence-corrected chi connectivity index (χ1v) is 6.07. The lowest BCUT2D eigenvalue weighted by Gasteiger charge is -2.20. The highest BCUT2D eigenvalue weighted by Crippen LogP contribution is 2.34. The quantitative estimate of drug-likeness (QED) is 0.559. The molecule has 0 radical (unpaired) electrons. The van der Waals surface area contributed by atoms with E-state index >= 15 is 0 Å². The number of allylic oxidation sites excluding steroid dienone is 1. The first-order valence-electron chi connectivity index (χ1n) is 6.07. The monoisotopic (exact) mass is 269 g/mol. The zero-order valence-electron chi connectivity index (χ0n) is 11.7. The van der Waals surface area contributed by atoms with Gasteiger partial charge in [-0.2, -0.15) is 0 Å². The Hall–Kier alpha value is -1.85. The Labute approximate surface area is 112 Å². The van der Waals surface area contributed by atoms with Crippen molar-refractivity contribution in [2.45, 2.75) is 26.2 Å². The number of hydrogen-bond donors (Lipinski definition) is 0. The number of carbonyl (C=O) groups is 3. The van der Waals surface area contributed by atoms with Crippen molar-refractivity contribution < 1.29 is 23.9 Å². The molecule has 1 rings (SSSR count). The molecule has 106 valence electrons. The van der Waals surface area contributed by atoms with E-state index in [9.17, 15) is 14.4 Å². The molecule has 0 aromatic rings. The van der Waals surface area contributed by atoms with Crippen LogP contribution in [-0.4, -0.2) is 44.0 Å². The van der Waals surface area contributed by atoms with Gasteiger partial charge in [0, 0.05) is 12.7 Å². The molecule has 0 aromatic carbocycles. The van der Waals surface area contributed by atoms with Gasteiger partial charge in [-0.05, 0) is 18.8 Å². The van der Waals surface area contributed by atoms with E-state index in [0.29, 0.717) is 17.7 Å². The molecular formula is C13H19NO5. The predicted octanol–water partition coefficient (Wildman–Crippen LogP) is 0.865. The van der Waals surface area contributed by atoms with Crippen LogP contribution in [0.25, 0.3) is 0 Å². The third-order valence-corrected chi connectivity index (χ3v) is 3.33. The largest absolute Gasteiger partial charge is 0.469 e. The van der Waals surface area contributed by atoms with Crippen LogP contribution in [-0.2, 0) is 23.9 Å². The van der Waals surface area contributed by atoms with E-state index in [2.05, 4.69) is 4.74 Å². The molecule has 0 aromatic heterocycles. The SMILES string of the molecule is COC(=O)CC(=O)N(C)C1=C(C(=O)OC)C(C)CC1. The number of esters is 2. The maximum Gasteiger partial charge on any atom is 0.335 e. The molecule has 1 amide bonds. The summed E-state index contributed by atoms with van der Waals surface area (Å²) in [5.41, 5.74) is 1.15. The summed E-state index contributed by atoms with van der Waals surface area (Å²) in [5, 5.41) is 0. The molecule has 1 atom stereocenters. The molecule has 1 unspecified atom stereocenters. The Balaban J connectivity index is 2.92. The van der Waals surface area contributed by atoms with Gasteiger partial charge in [-0.1, -0.05) is 6.92 Å². The van der Waals surface area contributed by atoms with Crippen LogP contribution in [0.4, 0.5) is 0 Å². The summed E-state index contributed by atoms with van der Waals surface area (Å²) in [5.74, 6) is -1.35. The van der Waals surface area contributed by atoms with Gasteiger partial charge in [-0.3, -0.25) is 9.59 Å². The third kappa shape index (κ3) is 3.33. The topological polar surface area (TPSA) is 72.9 Å². The summed E-state index contributed by atoms with van der Waals surface area (Å²) in [6.45, 7) is 1.91. The van der Waals surface area contributed by atoms with E-state index < -0.39 is 17.8 Å². The highest BCUT2D eigenvalue weighted by Gasteiger charge is 2.32. The highest BCUT2D eigenvalue weighted by atomic mass is 16.5. The lowest BCUT2D eigenvalue weighted by molar-refractivity contribution is -0.145. The summed E-state index contributed by atoms with van der Waals surface area (Å²) in [4.78, 5) is 36.1. The van der Waals surface area contributed by atoms with Crippen LogP contribution >= 0.6 is 0 Å². The van der Waals surface area contributed by atoms with Gasteiger partial charge in [0.25, 0.3) is 0 Å². The second-order valence-electron chi connectivity index (χ2n) is 4.50. The first-order chi connectivity index (χ1) is 8.92. The van der Waals surface area contributed by atoms with Crippen molar-refractivity contribution in [3.05, 3.63) is 11.3 Å². The Bertz CT molecular complexity index is 427. The van der Waals surface area contributed by atoms with Crippen molar-refractivity contribution in [3.8, 4) is 0 Å². The highest BCUT2D eigenvalue weighted by molar-refractivity contribution is 5.96. The van der Waals surface area contributed by atoms with Gasteiger partial charge in [-0.15, -0.1) is 0 Å². The van der Waals surface area contributed by atoms with Crippen molar-refractivity contribution in [2.75, 3.05) is 21.3 Å². The van der Waals surface area contributed by atoms with E-state index in [1.165, 1.54) is 19.1 Å². The fourth-order valence-corrected chi connectivity index (χ4v) is 2.16.